The van der Waals surface area contributed by atoms with Crippen molar-refractivity contribution in [1.82, 2.24) is 4.98 Å². The van der Waals surface area contributed by atoms with Gasteiger partial charge in [-0.1, -0.05) is 71.8 Å². The number of carbonyl (C=O) groups excluding carboxylic acids is 2. The first-order chi connectivity index (χ1) is 15.9. The van der Waals surface area contributed by atoms with Crippen LogP contribution in [0.15, 0.2) is 66.9 Å². The van der Waals surface area contributed by atoms with Crippen molar-refractivity contribution >= 4 is 23.4 Å². The average molecular weight is 466 g/mol. The van der Waals surface area contributed by atoms with Crippen LogP contribution in [0.4, 0.5) is 0 Å². The molecule has 3 atom stereocenters. The van der Waals surface area contributed by atoms with E-state index in [9.17, 15) is 14.7 Å². The zero-order valence-electron chi connectivity index (χ0n) is 18.3. The van der Waals surface area contributed by atoms with Crippen molar-refractivity contribution in [3.05, 3.63) is 94.3 Å². The summed E-state index contributed by atoms with van der Waals surface area (Å²) in [4.78, 5) is 30.4. The second-order valence-electron chi connectivity index (χ2n) is 8.15. The summed E-state index contributed by atoms with van der Waals surface area (Å²) in [5.74, 6) is -2.37. The molecule has 6 nitrogen and oxygen atoms in total. The monoisotopic (exact) mass is 465 g/mol. The van der Waals surface area contributed by atoms with Crippen LogP contribution in [-0.4, -0.2) is 29.0 Å². The number of methoxy groups -OCH3 is 1. The number of carbonyl (C=O) groups is 2. The molecule has 0 radical (unpaired) electrons. The van der Waals surface area contributed by atoms with E-state index in [1.165, 1.54) is 13.3 Å². The summed E-state index contributed by atoms with van der Waals surface area (Å²) in [5.41, 5.74) is 1.57. The van der Waals surface area contributed by atoms with Gasteiger partial charge in [-0.25, -0.2) is 0 Å². The summed E-state index contributed by atoms with van der Waals surface area (Å²) in [6.07, 6.45) is 1.36. The lowest BCUT2D eigenvalue weighted by atomic mass is 9.76. The summed E-state index contributed by atoms with van der Waals surface area (Å²) < 4.78 is 11.6. The second-order valence-corrected chi connectivity index (χ2v) is 8.58. The summed E-state index contributed by atoms with van der Waals surface area (Å²) in [7, 11) is 1.27. The molecule has 170 valence electrons. The molecule has 1 aromatic heterocycles. The standard InChI is InChI=1S/C26H24ClNO5/c1-16-8-10-18(11-9-16)26(33-22-12-19(27)14-28-20(22)15-29)13-21(30)23(25(31)32-2)24(26)17-6-4-3-5-7-17/h3-12,14,23-24,29H,13,15H2,1-2H3/t23-,24+,26-/m0/s1. The Labute approximate surface area is 197 Å². The zero-order valence-corrected chi connectivity index (χ0v) is 19.1. The lowest BCUT2D eigenvalue weighted by Gasteiger charge is -2.38. The fourth-order valence-corrected chi connectivity index (χ4v) is 4.73. The Balaban J connectivity index is 1.98. The van der Waals surface area contributed by atoms with E-state index in [0.29, 0.717) is 5.02 Å². The molecule has 1 aliphatic rings. The molecule has 1 aliphatic carbocycles. The number of ketones is 1. The van der Waals surface area contributed by atoms with Crippen molar-refractivity contribution in [1.29, 1.82) is 0 Å². The number of halogens is 1. The SMILES string of the molecule is COC(=O)[C@H]1C(=O)C[C@](Oc2cc(Cl)cnc2CO)(c2ccc(C)cc2)[C@@H]1c1ccccc1. The van der Waals surface area contributed by atoms with Gasteiger partial charge in [0.05, 0.1) is 25.2 Å². The molecule has 7 heteroatoms. The summed E-state index contributed by atoms with van der Waals surface area (Å²) >= 11 is 6.19. The number of pyridine rings is 1. The minimum atomic E-state index is -1.25. The molecular formula is C26H24ClNO5. The number of ether oxygens (including phenoxy) is 2. The molecule has 0 bridgehead atoms. The largest absolute Gasteiger partial charge is 0.479 e. The van der Waals surface area contributed by atoms with Gasteiger partial charge in [0.15, 0.2) is 5.78 Å². The van der Waals surface area contributed by atoms with E-state index in [1.54, 1.807) is 6.07 Å². The molecule has 33 heavy (non-hydrogen) atoms. The maximum absolute atomic E-state index is 13.4. The van der Waals surface area contributed by atoms with Crippen LogP contribution in [0.5, 0.6) is 5.75 Å². The number of rotatable bonds is 6. The number of aliphatic hydroxyl groups is 1. The molecule has 1 saturated carbocycles. The summed E-state index contributed by atoms with van der Waals surface area (Å²) in [5, 5.41) is 10.2. The molecule has 0 amide bonds. The van der Waals surface area contributed by atoms with Crippen molar-refractivity contribution in [3.8, 4) is 5.75 Å². The smallest absolute Gasteiger partial charge is 0.317 e. The van der Waals surface area contributed by atoms with Crippen LogP contribution in [-0.2, 0) is 26.5 Å². The highest BCUT2D eigenvalue weighted by atomic mass is 35.5. The van der Waals surface area contributed by atoms with Gasteiger partial charge in [-0.3, -0.25) is 14.6 Å². The molecule has 0 unspecified atom stereocenters. The van der Waals surface area contributed by atoms with Gasteiger partial charge in [0.25, 0.3) is 0 Å². The fourth-order valence-electron chi connectivity index (χ4n) is 4.58. The molecule has 0 saturated heterocycles. The van der Waals surface area contributed by atoms with Crippen LogP contribution in [0.2, 0.25) is 5.02 Å². The third-order valence-electron chi connectivity index (χ3n) is 6.11. The maximum Gasteiger partial charge on any atom is 0.317 e. The molecule has 1 N–H and O–H groups in total. The predicted octanol–water partition coefficient (Wildman–Crippen LogP) is 4.36. The maximum atomic E-state index is 13.4. The number of aliphatic hydroxyl groups excluding tert-OH is 1. The Morgan fingerprint density at radius 1 is 1.18 bits per heavy atom. The van der Waals surface area contributed by atoms with Gasteiger partial charge in [0.1, 0.15) is 23.0 Å². The highest BCUT2D eigenvalue weighted by molar-refractivity contribution is 6.30. The fraction of sp³-hybridized carbons (Fsp3) is 0.269. The first-order valence-electron chi connectivity index (χ1n) is 10.6. The highest BCUT2D eigenvalue weighted by Gasteiger charge is 2.60. The van der Waals surface area contributed by atoms with E-state index in [4.69, 9.17) is 21.1 Å². The van der Waals surface area contributed by atoms with E-state index >= 15 is 0 Å². The van der Waals surface area contributed by atoms with Crippen molar-refractivity contribution in [2.45, 2.75) is 31.5 Å². The molecule has 0 aliphatic heterocycles. The number of hydrogen-bond acceptors (Lipinski definition) is 6. The molecular weight excluding hydrogens is 442 g/mol. The number of nitrogens with zero attached hydrogens (tertiary/aromatic N) is 1. The van der Waals surface area contributed by atoms with E-state index in [0.717, 1.165) is 16.7 Å². The van der Waals surface area contributed by atoms with Gasteiger partial charge >= 0.3 is 5.97 Å². The lowest BCUT2D eigenvalue weighted by Crippen LogP contribution is -2.39. The van der Waals surface area contributed by atoms with Gasteiger partial charge in [-0.05, 0) is 18.1 Å². The molecule has 0 spiro atoms. The molecule has 3 aromatic rings. The molecule has 4 rings (SSSR count). The Morgan fingerprint density at radius 3 is 2.52 bits per heavy atom. The van der Waals surface area contributed by atoms with Gasteiger partial charge in [0.2, 0.25) is 0 Å². The van der Waals surface area contributed by atoms with Gasteiger partial charge in [0, 0.05) is 18.2 Å². The van der Waals surface area contributed by atoms with Gasteiger partial charge in [-0.15, -0.1) is 0 Å². The summed E-state index contributed by atoms with van der Waals surface area (Å²) in [6, 6.07) is 18.5. The lowest BCUT2D eigenvalue weighted by molar-refractivity contribution is -0.149. The third-order valence-corrected chi connectivity index (χ3v) is 6.32. The van der Waals surface area contributed by atoms with E-state index < -0.39 is 23.4 Å². The number of aryl methyl sites for hydroxylation is 1. The minimum Gasteiger partial charge on any atom is -0.479 e. The predicted molar refractivity (Wildman–Crippen MR) is 123 cm³/mol. The quantitative estimate of drug-likeness (QED) is 0.430. The number of aromatic nitrogens is 1. The van der Waals surface area contributed by atoms with Gasteiger partial charge < -0.3 is 14.6 Å². The molecule has 1 heterocycles. The molecule has 2 aromatic carbocycles. The van der Waals surface area contributed by atoms with Crippen LogP contribution in [0.25, 0.3) is 0 Å². The zero-order chi connectivity index (χ0) is 23.6. The first kappa shape index (κ1) is 23.0. The minimum absolute atomic E-state index is 0.0627. The first-order valence-corrected chi connectivity index (χ1v) is 10.9. The average Bonchev–Trinajstić information content (AvgIpc) is 3.12. The van der Waals surface area contributed by atoms with Crippen molar-refractivity contribution in [2.75, 3.05) is 7.11 Å². The molecule has 1 fully saturated rings. The van der Waals surface area contributed by atoms with Crippen LogP contribution in [0, 0.1) is 12.8 Å². The number of hydrogen-bond donors (Lipinski definition) is 1. The number of Topliss-reactive ketones (excluding diaryl/α,β-unsaturated/α-hetero) is 1. The number of esters is 1. The topological polar surface area (TPSA) is 85.7 Å². The Hall–Kier alpha value is -3.22. The third kappa shape index (κ3) is 4.24. The number of benzene rings is 2. The van der Waals surface area contributed by atoms with Crippen molar-refractivity contribution in [3.63, 3.8) is 0 Å². The second kappa shape index (κ2) is 9.33. The van der Waals surface area contributed by atoms with Crippen LogP contribution in [0.1, 0.15) is 34.7 Å². The van der Waals surface area contributed by atoms with E-state index in [2.05, 4.69) is 4.98 Å². The van der Waals surface area contributed by atoms with Crippen molar-refractivity contribution in [2.24, 2.45) is 5.92 Å². The Bertz CT molecular complexity index is 1170. The van der Waals surface area contributed by atoms with Gasteiger partial charge in [-0.2, -0.15) is 0 Å². The highest BCUT2D eigenvalue weighted by Crippen LogP contribution is 2.54. The Morgan fingerprint density at radius 2 is 1.88 bits per heavy atom. The van der Waals surface area contributed by atoms with Crippen LogP contribution < -0.4 is 4.74 Å². The summed E-state index contributed by atoms with van der Waals surface area (Å²) in [6.45, 7) is 1.59. The Kier molecular flexibility index (Phi) is 6.49. The van der Waals surface area contributed by atoms with Crippen LogP contribution in [0.3, 0.4) is 0 Å². The van der Waals surface area contributed by atoms with Crippen molar-refractivity contribution < 1.29 is 24.2 Å². The van der Waals surface area contributed by atoms with E-state index in [-0.39, 0.29) is 30.3 Å². The van der Waals surface area contributed by atoms with Crippen LogP contribution >= 0.6 is 11.6 Å². The normalized spacial score (nSPS) is 22.2. The van der Waals surface area contributed by atoms with E-state index in [1.807, 2.05) is 61.5 Å².